The molecule has 0 bridgehead atoms. The fraction of sp³-hybridized carbons (Fsp3) is 0.654. The smallest absolute Gasteiger partial charge is 0.162 e. The Morgan fingerprint density at radius 2 is 1.97 bits per heavy atom. The fourth-order valence-electron chi connectivity index (χ4n) is 6.11. The van der Waals surface area contributed by atoms with Crippen molar-refractivity contribution in [2.24, 2.45) is 23.2 Å². The second-order valence-electron chi connectivity index (χ2n) is 10.3. The highest BCUT2D eigenvalue weighted by molar-refractivity contribution is 5.93. The Balaban J connectivity index is 1.48. The van der Waals surface area contributed by atoms with Crippen LogP contribution in [0.15, 0.2) is 47.3 Å². The van der Waals surface area contributed by atoms with Crippen molar-refractivity contribution in [2.75, 3.05) is 0 Å². The molecule has 4 fully saturated rings. The molecule has 4 heteroatoms. The van der Waals surface area contributed by atoms with Crippen LogP contribution in [0.2, 0.25) is 0 Å². The second-order valence-corrected chi connectivity index (χ2v) is 10.3. The van der Waals surface area contributed by atoms with Crippen molar-refractivity contribution in [3.05, 3.63) is 47.3 Å². The molecule has 4 aliphatic carbocycles. The molecule has 0 heterocycles. The van der Waals surface area contributed by atoms with E-state index in [9.17, 15) is 20.1 Å². The molecule has 164 valence electrons. The second kappa shape index (κ2) is 8.47. The molecular weight excluding hydrogens is 376 g/mol. The van der Waals surface area contributed by atoms with Gasteiger partial charge in [0.1, 0.15) is 0 Å². The highest BCUT2D eigenvalue weighted by Gasteiger charge is 2.49. The zero-order valence-electron chi connectivity index (χ0n) is 18.1. The zero-order valence-corrected chi connectivity index (χ0v) is 18.1. The first-order valence-electron chi connectivity index (χ1n) is 11.7. The largest absolute Gasteiger partial charge is 0.512 e. The highest BCUT2D eigenvalue weighted by atomic mass is 16.3. The summed E-state index contributed by atoms with van der Waals surface area (Å²) in [6, 6.07) is 0. The van der Waals surface area contributed by atoms with Gasteiger partial charge in [0.2, 0.25) is 0 Å². The number of fused-ring (bicyclic) bond motifs is 1. The maximum Gasteiger partial charge on any atom is 0.162 e. The van der Waals surface area contributed by atoms with E-state index in [0.717, 1.165) is 56.1 Å². The van der Waals surface area contributed by atoms with Gasteiger partial charge in [0, 0.05) is 24.8 Å². The molecule has 0 radical (unpaired) electrons. The van der Waals surface area contributed by atoms with Crippen molar-refractivity contribution < 1.29 is 20.1 Å². The third kappa shape index (κ3) is 4.36. The molecule has 0 aromatic rings. The number of aliphatic hydroxyl groups is 3. The van der Waals surface area contributed by atoms with E-state index in [0.29, 0.717) is 31.1 Å². The third-order valence-electron chi connectivity index (χ3n) is 8.17. The quantitative estimate of drug-likeness (QED) is 0.442. The lowest BCUT2D eigenvalue weighted by molar-refractivity contribution is -0.115. The number of allylic oxidation sites excluding steroid dienone is 5. The van der Waals surface area contributed by atoms with Crippen LogP contribution >= 0.6 is 0 Å². The average molecular weight is 413 g/mol. The molecule has 0 amide bonds. The Morgan fingerprint density at radius 1 is 1.20 bits per heavy atom. The SMILES string of the molecule is C=C1/C(=C\C=C2/CCC[C@@]3(C)C2CC[C@@H]3C/C(O)=C/C(=O)C2CC2)C[C@@H](O)C[C@@H]1O. The van der Waals surface area contributed by atoms with Crippen molar-refractivity contribution in [3.8, 4) is 0 Å². The lowest BCUT2D eigenvalue weighted by Crippen LogP contribution is -2.33. The van der Waals surface area contributed by atoms with Gasteiger partial charge in [-0.25, -0.2) is 0 Å². The first-order chi connectivity index (χ1) is 14.3. The van der Waals surface area contributed by atoms with Crippen LogP contribution in [0.3, 0.4) is 0 Å². The molecule has 4 aliphatic rings. The van der Waals surface area contributed by atoms with E-state index in [-0.39, 0.29) is 22.9 Å². The Bertz CT molecular complexity index is 800. The number of aliphatic hydroxyl groups excluding tert-OH is 3. The van der Waals surface area contributed by atoms with Crippen LogP contribution in [0.4, 0.5) is 0 Å². The Morgan fingerprint density at radius 3 is 2.70 bits per heavy atom. The summed E-state index contributed by atoms with van der Waals surface area (Å²) in [7, 11) is 0. The molecule has 1 unspecified atom stereocenters. The number of hydrogen-bond acceptors (Lipinski definition) is 4. The fourth-order valence-corrected chi connectivity index (χ4v) is 6.11. The van der Waals surface area contributed by atoms with Gasteiger partial charge in [0.15, 0.2) is 5.78 Å². The van der Waals surface area contributed by atoms with Gasteiger partial charge in [-0.05, 0) is 79.8 Å². The van der Waals surface area contributed by atoms with Gasteiger partial charge in [-0.1, -0.05) is 31.2 Å². The highest BCUT2D eigenvalue weighted by Crippen LogP contribution is 2.58. The van der Waals surface area contributed by atoms with Crippen molar-refractivity contribution in [1.29, 1.82) is 0 Å². The van der Waals surface area contributed by atoms with E-state index >= 15 is 0 Å². The molecule has 0 saturated heterocycles. The first-order valence-corrected chi connectivity index (χ1v) is 11.7. The molecule has 4 saturated carbocycles. The van der Waals surface area contributed by atoms with Gasteiger partial charge >= 0.3 is 0 Å². The Labute approximate surface area is 180 Å². The normalized spacial score (nSPS) is 40.1. The minimum Gasteiger partial charge on any atom is -0.512 e. The Kier molecular flexibility index (Phi) is 6.09. The predicted octanol–water partition coefficient (Wildman–Crippen LogP) is 4.94. The number of rotatable bonds is 5. The minimum atomic E-state index is -0.654. The van der Waals surface area contributed by atoms with Crippen LogP contribution in [0, 0.1) is 23.2 Å². The van der Waals surface area contributed by atoms with Crippen molar-refractivity contribution in [1.82, 2.24) is 0 Å². The molecular formula is C26H36O4. The molecule has 0 aromatic carbocycles. The first kappa shape index (κ1) is 21.6. The van der Waals surface area contributed by atoms with Gasteiger partial charge in [-0.15, -0.1) is 0 Å². The average Bonchev–Trinajstić information content (AvgIpc) is 3.48. The summed E-state index contributed by atoms with van der Waals surface area (Å²) >= 11 is 0. The zero-order chi connectivity index (χ0) is 21.5. The van der Waals surface area contributed by atoms with Gasteiger partial charge in [0.05, 0.1) is 18.0 Å². The lowest BCUT2D eigenvalue weighted by Gasteiger charge is -2.42. The molecule has 0 spiro atoms. The van der Waals surface area contributed by atoms with Gasteiger partial charge in [-0.2, -0.15) is 0 Å². The summed E-state index contributed by atoms with van der Waals surface area (Å²) in [4.78, 5) is 12.0. The van der Waals surface area contributed by atoms with Crippen LogP contribution in [0.1, 0.15) is 71.1 Å². The summed E-state index contributed by atoms with van der Waals surface area (Å²) in [5.41, 5.74) is 3.28. The van der Waals surface area contributed by atoms with Crippen LogP contribution in [0.5, 0.6) is 0 Å². The lowest BCUT2D eigenvalue weighted by atomic mass is 9.62. The molecule has 5 atom stereocenters. The van der Waals surface area contributed by atoms with Gasteiger partial charge < -0.3 is 15.3 Å². The monoisotopic (exact) mass is 412 g/mol. The predicted molar refractivity (Wildman–Crippen MR) is 118 cm³/mol. The molecule has 0 aliphatic heterocycles. The van der Waals surface area contributed by atoms with E-state index < -0.39 is 12.2 Å². The maximum atomic E-state index is 12.0. The number of carbonyl (C=O) groups excluding carboxylic acids is 1. The minimum absolute atomic E-state index is 0.0974. The number of carbonyl (C=O) groups is 1. The molecule has 4 rings (SSSR count). The molecule has 4 nitrogen and oxygen atoms in total. The molecule has 0 aromatic heterocycles. The van der Waals surface area contributed by atoms with Crippen molar-refractivity contribution in [2.45, 2.75) is 83.3 Å². The summed E-state index contributed by atoms with van der Waals surface area (Å²) in [5.74, 6) is 1.41. The Hall–Kier alpha value is -1.65. The van der Waals surface area contributed by atoms with E-state index in [1.54, 1.807) is 0 Å². The summed E-state index contributed by atoms with van der Waals surface area (Å²) < 4.78 is 0. The van der Waals surface area contributed by atoms with E-state index in [4.69, 9.17) is 0 Å². The maximum absolute atomic E-state index is 12.0. The summed E-state index contributed by atoms with van der Waals surface area (Å²) in [6.45, 7) is 6.38. The molecule has 30 heavy (non-hydrogen) atoms. The van der Waals surface area contributed by atoms with Crippen LogP contribution < -0.4 is 0 Å². The topological polar surface area (TPSA) is 77.8 Å². The van der Waals surface area contributed by atoms with Gasteiger partial charge in [-0.3, -0.25) is 4.79 Å². The van der Waals surface area contributed by atoms with Crippen molar-refractivity contribution >= 4 is 5.78 Å². The number of ketones is 1. The van der Waals surface area contributed by atoms with Crippen LogP contribution in [0.25, 0.3) is 0 Å². The third-order valence-corrected chi connectivity index (χ3v) is 8.17. The van der Waals surface area contributed by atoms with E-state index in [1.165, 1.54) is 11.6 Å². The summed E-state index contributed by atoms with van der Waals surface area (Å²) in [6.07, 6.45) is 13.6. The number of hydrogen-bond donors (Lipinski definition) is 3. The van der Waals surface area contributed by atoms with Crippen LogP contribution in [-0.4, -0.2) is 33.3 Å². The van der Waals surface area contributed by atoms with Gasteiger partial charge in [0.25, 0.3) is 0 Å². The van der Waals surface area contributed by atoms with Crippen LogP contribution in [-0.2, 0) is 4.79 Å². The summed E-state index contributed by atoms with van der Waals surface area (Å²) in [5, 5.41) is 30.5. The standard InChI is InChI=1S/C26H36O4/c1-16-19(12-21(27)14-24(16)29)8-5-17-4-3-11-26(2)20(9-10-23(17)26)13-22(28)15-25(30)18-6-7-18/h5,8,15,18,20-21,23-24,27-29H,1,3-4,6-7,9-14H2,2H3/b17-5+,19-8-,22-15-/t20-,21-,23?,24+,26-/m1/s1. The molecule has 3 N–H and O–H groups in total. The van der Waals surface area contributed by atoms with E-state index in [2.05, 4.69) is 25.7 Å². The van der Waals surface area contributed by atoms with Crippen molar-refractivity contribution in [3.63, 3.8) is 0 Å². The van der Waals surface area contributed by atoms with E-state index in [1.807, 2.05) is 0 Å².